The third kappa shape index (κ3) is 1.64. The van der Waals surface area contributed by atoms with Crippen LogP contribution in [0.3, 0.4) is 0 Å². The van der Waals surface area contributed by atoms with Gasteiger partial charge >= 0.3 is 0 Å². The van der Waals surface area contributed by atoms with Gasteiger partial charge in [0, 0.05) is 5.56 Å². The summed E-state index contributed by atoms with van der Waals surface area (Å²) in [6, 6.07) is 4.21. The van der Waals surface area contributed by atoms with Crippen molar-refractivity contribution in [3.05, 3.63) is 35.1 Å². The second-order valence-corrected chi connectivity index (χ2v) is 2.52. The quantitative estimate of drug-likeness (QED) is 0.564. The fraction of sp³-hybridized carbons (Fsp3) is 0.222. The van der Waals surface area contributed by atoms with E-state index in [-0.39, 0.29) is 11.6 Å². The van der Waals surface area contributed by atoms with Gasteiger partial charge < -0.3 is 0 Å². The zero-order chi connectivity index (χ0) is 8.43. The summed E-state index contributed by atoms with van der Waals surface area (Å²) >= 11 is 0. The average Bonchev–Trinajstić information content (AvgIpc) is 1.94. The molecule has 1 nitrogen and oxygen atoms in total. The maximum Gasteiger partial charge on any atom is 0.160 e. The summed E-state index contributed by atoms with van der Waals surface area (Å²) in [6.45, 7) is 3.22. The number of benzene rings is 1. The van der Waals surface area contributed by atoms with Crippen LogP contribution in [0.5, 0.6) is 0 Å². The predicted molar refractivity (Wildman–Crippen MR) is 41.1 cm³/mol. The molecule has 0 spiro atoms. The van der Waals surface area contributed by atoms with E-state index in [9.17, 15) is 9.18 Å². The van der Waals surface area contributed by atoms with Crippen LogP contribution in [-0.2, 0) is 0 Å². The first kappa shape index (κ1) is 7.92. The van der Waals surface area contributed by atoms with Gasteiger partial charge in [0.25, 0.3) is 0 Å². The molecule has 0 heterocycles. The first-order chi connectivity index (χ1) is 5.11. The molecule has 0 aliphatic rings. The molecule has 1 rings (SSSR count). The fourth-order valence-electron chi connectivity index (χ4n) is 0.974. The van der Waals surface area contributed by atoms with Gasteiger partial charge in [-0.1, -0.05) is 6.07 Å². The number of hydrogen-bond acceptors (Lipinski definition) is 1. The minimum Gasteiger partial charge on any atom is -0.294 e. The molecule has 0 radical (unpaired) electrons. The van der Waals surface area contributed by atoms with Crippen LogP contribution in [0.1, 0.15) is 22.8 Å². The minimum atomic E-state index is -0.360. The Labute approximate surface area is 64.9 Å². The summed E-state index contributed by atoms with van der Waals surface area (Å²) in [5.74, 6) is -0.456. The molecular formula is C9H9FO. The molecule has 0 fully saturated rings. The molecule has 0 N–H and O–H groups in total. The van der Waals surface area contributed by atoms with Crippen molar-refractivity contribution < 1.29 is 9.18 Å². The number of Topliss-reactive ketones (excluding diaryl/α,β-unsaturated/α-hetero) is 1. The lowest BCUT2D eigenvalue weighted by Gasteiger charge is -1.99. The number of aryl methyl sites for hydroxylation is 1. The first-order valence-electron chi connectivity index (χ1n) is 3.38. The Kier molecular flexibility index (Phi) is 2.03. The predicted octanol–water partition coefficient (Wildman–Crippen LogP) is 2.34. The van der Waals surface area contributed by atoms with Crippen molar-refractivity contribution in [1.82, 2.24) is 0 Å². The standard InChI is InChI=1S/C9H9FO/c1-6-3-4-8(10)5-9(6)7(2)11/h3-5H,1-2H3. The van der Waals surface area contributed by atoms with E-state index in [0.29, 0.717) is 5.56 Å². The molecular weight excluding hydrogens is 143 g/mol. The van der Waals surface area contributed by atoms with Crippen molar-refractivity contribution in [1.29, 1.82) is 0 Å². The van der Waals surface area contributed by atoms with Crippen LogP contribution in [0.15, 0.2) is 18.2 Å². The Morgan fingerprint density at radius 2 is 2.09 bits per heavy atom. The molecule has 2 heteroatoms. The third-order valence-corrected chi connectivity index (χ3v) is 1.58. The van der Waals surface area contributed by atoms with Gasteiger partial charge in [0.2, 0.25) is 0 Å². The molecule has 0 unspecified atom stereocenters. The number of hydrogen-bond donors (Lipinski definition) is 0. The van der Waals surface area contributed by atoms with E-state index in [1.54, 1.807) is 13.0 Å². The first-order valence-corrected chi connectivity index (χ1v) is 3.38. The highest BCUT2D eigenvalue weighted by Gasteiger charge is 2.03. The molecule has 0 aliphatic carbocycles. The van der Waals surface area contributed by atoms with Gasteiger partial charge in [-0.05, 0) is 31.5 Å². The van der Waals surface area contributed by atoms with Crippen LogP contribution in [-0.4, -0.2) is 5.78 Å². The maximum atomic E-state index is 12.6. The summed E-state index contributed by atoms with van der Waals surface area (Å²) in [6.07, 6.45) is 0. The summed E-state index contributed by atoms with van der Waals surface area (Å²) in [7, 11) is 0. The molecule has 1 aromatic carbocycles. The zero-order valence-electron chi connectivity index (χ0n) is 6.52. The second-order valence-electron chi connectivity index (χ2n) is 2.52. The largest absolute Gasteiger partial charge is 0.294 e. The lowest BCUT2D eigenvalue weighted by Crippen LogP contribution is -1.96. The van der Waals surface area contributed by atoms with E-state index in [4.69, 9.17) is 0 Å². The van der Waals surface area contributed by atoms with Gasteiger partial charge in [0.15, 0.2) is 5.78 Å². The number of rotatable bonds is 1. The molecule has 0 atom stereocenters. The van der Waals surface area contributed by atoms with Crippen molar-refractivity contribution in [3.8, 4) is 0 Å². The van der Waals surface area contributed by atoms with E-state index in [0.717, 1.165) is 5.56 Å². The molecule has 0 aliphatic heterocycles. The van der Waals surface area contributed by atoms with Crippen molar-refractivity contribution in [2.24, 2.45) is 0 Å². The highest BCUT2D eigenvalue weighted by Crippen LogP contribution is 2.10. The molecule has 0 bridgehead atoms. The fourth-order valence-corrected chi connectivity index (χ4v) is 0.974. The van der Waals surface area contributed by atoms with E-state index < -0.39 is 0 Å². The molecule has 11 heavy (non-hydrogen) atoms. The zero-order valence-corrected chi connectivity index (χ0v) is 6.52. The Bertz CT molecular complexity index is 292. The van der Waals surface area contributed by atoms with Crippen molar-refractivity contribution >= 4 is 5.78 Å². The molecule has 0 saturated carbocycles. The van der Waals surface area contributed by atoms with Gasteiger partial charge in [0.05, 0.1) is 0 Å². The van der Waals surface area contributed by atoms with E-state index in [2.05, 4.69) is 0 Å². The van der Waals surface area contributed by atoms with Crippen molar-refractivity contribution in [2.45, 2.75) is 13.8 Å². The molecule has 0 saturated heterocycles. The summed E-state index contributed by atoms with van der Waals surface area (Å²) < 4.78 is 12.6. The number of carbonyl (C=O) groups is 1. The van der Waals surface area contributed by atoms with Crippen molar-refractivity contribution in [2.75, 3.05) is 0 Å². The monoisotopic (exact) mass is 152 g/mol. The Balaban J connectivity index is 3.23. The van der Waals surface area contributed by atoms with E-state index >= 15 is 0 Å². The van der Waals surface area contributed by atoms with E-state index in [1.807, 2.05) is 0 Å². The van der Waals surface area contributed by atoms with E-state index in [1.165, 1.54) is 19.1 Å². The third-order valence-electron chi connectivity index (χ3n) is 1.58. The van der Waals surface area contributed by atoms with Crippen LogP contribution >= 0.6 is 0 Å². The summed E-state index contributed by atoms with van der Waals surface area (Å²) in [5.41, 5.74) is 1.28. The van der Waals surface area contributed by atoms with Crippen LogP contribution in [0.25, 0.3) is 0 Å². The smallest absolute Gasteiger partial charge is 0.160 e. The SMILES string of the molecule is CC(=O)c1cc(F)ccc1C. The van der Waals surface area contributed by atoms with Crippen LogP contribution in [0.2, 0.25) is 0 Å². The van der Waals surface area contributed by atoms with Gasteiger partial charge in [0.1, 0.15) is 5.82 Å². The van der Waals surface area contributed by atoms with Gasteiger partial charge in [-0.15, -0.1) is 0 Å². The highest BCUT2D eigenvalue weighted by atomic mass is 19.1. The minimum absolute atomic E-state index is 0.0954. The number of ketones is 1. The van der Waals surface area contributed by atoms with Crippen LogP contribution in [0, 0.1) is 12.7 Å². The molecule has 0 aromatic heterocycles. The van der Waals surface area contributed by atoms with Gasteiger partial charge in [-0.3, -0.25) is 4.79 Å². The lowest BCUT2D eigenvalue weighted by molar-refractivity contribution is 0.101. The highest BCUT2D eigenvalue weighted by molar-refractivity contribution is 5.95. The normalized spacial score (nSPS) is 9.73. The average molecular weight is 152 g/mol. The Morgan fingerprint density at radius 1 is 1.45 bits per heavy atom. The Morgan fingerprint density at radius 3 is 2.55 bits per heavy atom. The summed E-state index contributed by atoms with van der Waals surface area (Å²) in [4.78, 5) is 10.9. The number of carbonyl (C=O) groups excluding carboxylic acids is 1. The van der Waals surface area contributed by atoms with Crippen LogP contribution < -0.4 is 0 Å². The molecule has 1 aromatic rings. The molecule has 0 amide bonds. The molecule has 58 valence electrons. The van der Waals surface area contributed by atoms with Crippen molar-refractivity contribution in [3.63, 3.8) is 0 Å². The second kappa shape index (κ2) is 2.82. The summed E-state index contributed by atoms with van der Waals surface area (Å²) in [5, 5.41) is 0. The topological polar surface area (TPSA) is 17.1 Å². The van der Waals surface area contributed by atoms with Gasteiger partial charge in [-0.2, -0.15) is 0 Å². The Hall–Kier alpha value is -1.18. The maximum absolute atomic E-state index is 12.6. The van der Waals surface area contributed by atoms with Crippen LogP contribution in [0.4, 0.5) is 4.39 Å². The van der Waals surface area contributed by atoms with Gasteiger partial charge in [-0.25, -0.2) is 4.39 Å². The number of halogens is 1. The lowest BCUT2D eigenvalue weighted by atomic mass is 10.1.